The molecule has 5 nitrogen and oxygen atoms in total. The van der Waals surface area contributed by atoms with E-state index in [0.29, 0.717) is 22.2 Å². The van der Waals surface area contributed by atoms with Crippen LogP contribution in [0.15, 0.2) is 60.7 Å². The third-order valence-electron chi connectivity index (χ3n) is 8.42. The van der Waals surface area contributed by atoms with E-state index in [-0.39, 0.29) is 5.54 Å². The van der Waals surface area contributed by atoms with Crippen molar-refractivity contribution in [2.75, 3.05) is 13.1 Å². The van der Waals surface area contributed by atoms with Gasteiger partial charge in [-0.2, -0.15) is 5.26 Å². The molecule has 2 aliphatic rings. The first kappa shape index (κ1) is 25.4. The number of aromatic nitrogens is 2. The van der Waals surface area contributed by atoms with Gasteiger partial charge in [-0.15, -0.1) is 0 Å². The van der Waals surface area contributed by atoms with Gasteiger partial charge in [-0.25, -0.2) is 4.98 Å². The minimum Gasteiger partial charge on any atom is -0.341 e. The number of hydrogen-bond donors (Lipinski definition) is 2. The van der Waals surface area contributed by atoms with Gasteiger partial charge in [-0.3, -0.25) is 0 Å². The van der Waals surface area contributed by atoms with E-state index < -0.39 is 0 Å². The summed E-state index contributed by atoms with van der Waals surface area (Å²) in [7, 11) is 0. The number of imidazole rings is 1. The van der Waals surface area contributed by atoms with Crippen molar-refractivity contribution < 1.29 is 0 Å². The standard InChI is InChI=1S/C31H31Cl2N5/c32-26-17-28-29(18-27(26)33)37-30(36-28)20-35-31(12-14-38(15-13-31)25-6-1-2-7-25)24-10-8-22(9-11-24)23-5-3-4-21(16-23)19-34/h3-5,8-11,16-18,25,35H,1-2,6-7,12-15,20H2,(H,36,37). The second kappa shape index (κ2) is 10.7. The van der Waals surface area contributed by atoms with Crippen LogP contribution in [0.5, 0.6) is 0 Å². The van der Waals surface area contributed by atoms with Crippen molar-refractivity contribution in [1.82, 2.24) is 20.2 Å². The number of fused-ring (bicyclic) bond motifs is 1. The SMILES string of the molecule is N#Cc1cccc(-c2ccc(C3(NCc4nc5cc(Cl)c(Cl)cc5[nH]4)CCN(C4CCCC4)CC3)cc2)c1. The minimum atomic E-state index is -0.142. The highest BCUT2D eigenvalue weighted by Crippen LogP contribution is 2.37. The topological polar surface area (TPSA) is 67.7 Å². The summed E-state index contributed by atoms with van der Waals surface area (Å²) in [6.45, 7) is 2.81. The maximum atomic E-state index is 9.30. The number of H-pyrrole nitrogens is 1. The molecule has 0 atom stereocenters. The number of nitrogens with one attached hydrogen (secondary N) is 2. The first-order chi connectivity index (χ1) is 18.5. The van der Waals surface area contributed by atoms with E-state index in [1.54, 1.807) is 0 Å². The van der Waals surface area contributed by atoms with Gasteiger partial charge in [0, 0.05) is 24.7 Å². The highest BCUT2D eigenvalue weighted by molar-refractivity contribution is 6.42. The maximum Gasteiger partial charge on any atom is 0.121 e. The summed E-state index contributed by atoms with van der Waals surface area (Å²) in [4.78, 5) is 10.9. The number of benzene rings is 3. The lowest BCUT2D eigenvalue weighted by atomic mass is 9.79. The van der Waals surface area contributed by atoms with Crippen LogP contribution in [0.4, 0.5) is 0 Å². The van der Waals surface area contributed by atoms with Crippen molar-refractivity contribution in [2.24, 2.45) is 0 Å². The minimum absolute atomic E-state index is 0.142. The predicted octanol–water partition coefficient (Wildman–Crippen LogP) is 7.43. The van der Waals surface area contributed by atoms with Gasteiger partial charge in [-0.1, -0.05) is 72.4 Å². The quantitative estimate of drug-likeness (QED) is 0.265. The highest BCUT2D eigenvalue weighted by atomic mass is 35.5. The Morgan fingerprint density at radius 3 is 2.45 bits per heavy atom. The molecule has 2 heterocycles. The monoisotopic (exact) mass is 543 g/mol. The molecule has 7 heteroatoms. The molecule has 2 N–H and O–H groups in total. The largest absolute Gasteiger partial charge is 0.341 e. The Morgan fingerprint density at radius 1 is 0.974 bits per heavy atom. The summed E-state index contributed by atoms with van der Waals surface area (Å²) in [5.74, 6) is 0.876. The molecule has 6 rings (SSSR count). The Morgan fingerprint density at radius 2 is 1.71 bits per heavy atom. The zero-order chi connectivity index (χ0) is 26.1. The van der Waals surface area contributed by atoms with E-state index >= 15 is 0 Å². The number of likely N-dealkylation sites (tertiary alicyclic amines) is 1. The molecule has 0 bridgehead atoms. The molecular weight excluding hydrogens is 513 g/mol. The maximum absolute atomic E-state index is 9.30. The van der Waals surface area contributed by atoms with Crippen molar-refractivity contribution in [1.29, 1.82) is 5.26 Å². The molecule has 2 fully saturated rings. The van der Waals surface area contributed by atoms with Crippen LogP contribution < -0.4 is 5.32 Å². The predicted molar refractivity (Wildman–Crippen MR) is 154 cm³/mol. The Labute approximate surface area is 233 Å². The van der Waals surface area contributed by atoms with Crippen LogP contribution in [0.1, 0.15) is 55.5 Å². The Balaban J connectivity index is 1.26. The lowest BCUT2D eigenvalue weighted by Gasteiger charge is -2.45. The van der Waals surface area contributed by atoms with Crippen LogP contribution in [0.3, 0.4) is 0 Å². The zero-order valence-electron chi connectivity index (χ0n) is 21.3. The summed E-state index contributed by atoms with van der Waals surface area (Å²) in [6.07, 6.45) is 7.48. The molecule has 1 aliphatic carbocycles. The lowest BCUT2D eigenvalue weighted by Crippen LogP contribution is -2.52. The lowest BCUT2D eigenvalue weighted by molar-refractivity contribution is 0.0968. The number of aromatic amines is 1. The molecule has 1 aromatic heterocycles. The molecule has 4 aromatic rings. The third kappa shape index (κ3) is 5.07. The molecule has 3 aromatic carbocycles. The van der Waals surface area contributed by atoms with Crippen LogP contribution >= 0.6 is 23.2 Å². The van der Waals surface area contributed by atoms with Gasteiger partial charge in [0.1, 0.15) is 5.82 Å². The van der Waals surface area contributed by atoms with Crippen molar-refractivity contribution in [3.05, 3.63) is 87.7 Å². The van der Waals surface area contributed by atoms with Gasteiger partial charge in [0.25, 0.3) is 0 Å². The van der Waals surface area contributed by atoms with Crippen LogP contribution in [0.25, 0.3) is 22.2 Å². The number of hydrogen-bond acceptors (Lipinski definition) is 4. The number of halogens is 2. The molecule has 0 spiro atoms. The van der Waals surface area contributed by atoms with E-state index in [9.17, 15) is 5.26 Å². The second-order valence-electron chi connectivity index (χ2n) is 10.6. The van der Waals surface area contributed by atoms with Gasteiger partial charge in [-0.05, 0) is 66.6 Å². The fourth-order valence-electron chi connectivity index (χ4n) is 6.25. The van der Waals surface area contributed by atoms with Crippen molar-refractivity contribution in [3.63, 3.8) is 0 Å². The highest BCUT2D eigenvalue weighted by Gasteiger charge is 2.38. The Hall–Kier alpha value is -2.88. The first-order valence-corrected chi connectivity index (χ1v) is 14.2. The fraction of sp³-hybridized carbons (Fsp3) is 0.355. The Kier molecular flexibility index (Phi) is 7.16. The summed E-state index contributed by atoms with van der Waals surface area (Å²) in [5, 5.41) is 14.3. The zero-order valence-corrected chi connectivity index (χ0v) is 22.8. The molecular formula is C31H31Cl2N5. The summed E-state index contributed by atoms with van der Waals surface area (Å²) in [5.41, 5.74) is 5.73. The van der Waals surface area contributed by atoms with Crippen molar-refractivity contribution in [2.45, 2.75) is 56.7 Å². The average molecular weight is 545 g/mol. The van der Waals surface area contributed by atoms with Gasteiger partial charge in [0.2, 0.25) is 0 Å². The smallest absolute Gasteiger partial charge is 0.121 e. The second-order valence-corrected chi connectivity index (χ2v) is 11.5. The summed E-state index contributed by atoms with van der Waals surface area (Å²) in [6, 6.07) is 23.3. The van der Waals surface area contributed by atoms with Gasteiger partial charge >= 0.3 is 0 Å². The van der Waals surface area contributed by atoms with Crippen LogP contribution in [-0.2, 0) is 12.1 Å². The Bertz CT molecular complexity index is 1430. The van der Waals surface area contributed by atoms with Crippen molar-refractivity contribution >= 4 is 34.2 Å². The van der Waals surface area contributed by atoms with Crippen molar-refractivity contribution in [3.8, 4) is 17.2 Å². The average Bonchev–Trinajstić information content (AvgIpc) is 3.63. The normalized spacial score (nSPS) is 18.1. The van der Waals surface area contributed by atoms with Crippen LogP contribution in [0.2, 0.25) is 10.0 Å². The third-order valence-corrected chi connectivity index (χ3v) is 9.14. The van der Waals surface area contributed by atoms with E-state index in [2.05, 4.69) is 51.6 Å². The van der Waals surface area contributed by atoms with Gasteiger partial charge in [0.05, 0.1) is 39.3 Å². The van der Waals surface area contributed by atoms with E-state index in [4.69, 9.17) is 28.2 Å². The van der Waals surface area contributed by atoms with Crippen LogP contribution in [-0.4, -0.2) is 34.0 Å². The van der Waals surface area contributed by atoms with E-state index in [0.717, 1.165) is 60.0 Å². The number of piperidine rings is 1. The fourth-order valence-corrected chi connectivity index (χ4v) is 6.57. The van der Waals surface area contributed by atoms with E-state index in [1.807, 2.05) is 30.3 Å². The molecule has 0 radical (unpaired) electrons. The first-order valence-electron chi connectivity index (χ1n) is 13.5. The number of nitrogens with zero attached hydrogens (tertiary/aromatic N) is 3. The molecule has 1 aliphatic heterocycles. The van der Waals surface area contributed by atoms with E-state index in [1.165, 1.54) is 31.2 Å². The summed E-state index contributed by atoms with van der Waals surface area (Å²) < 4.78 is 0. The molecule has 194 valence electrons. The molecule has 1 saturated carbocycles. The van der Waals surface area contributed by atoms with Crippen LogP contribution in [0, 0.1) is 11.3 Å². The molecule has 1 saturated heterocycles. The number of nitriles is 1. The molecule has 0 amide bonds. The molecule has 38 heavy (non-hydrogen) atoms. The molecule has 0 unspecified atom stereocenters. The number of rotatable bonds is 6. The summed E-state index contributed by atoms with van der Waals surface area (Å²) >= 11 is 12.4. The van der Waals surface area contributed by atoms with Gasteiger partial charge < -0.3 is 15.2 Å². The van der Waals surface area contributed by atoms with Gasteiger partial charge in [0.15, 0.2) is 0 Å².